The van der Waals surface area contributed by atoms with Crippen molar-refractivity contribution in [1.29, 1.82) is 0 Å². The monoisotopic (exact) mass is 281 g/mol. The average Bonchev–Trinajstić information content (AvgIpc) is 2.45. The van der Waals surface area contributed by atoms with E-state index in [0.717, 1.165) is 44.6 Å². The maximum atomic E-state index is 13.8. The van der Waals surface area contributed by atoms with Gasteiger partial charge in [-0.25, -0.2) is 8.78 Å². The molecule has 3 aliphatic heterocycles. The van der Waals surface area contributed by atoms with Gasteiger partial charge in [-0.05, 0) is 44.0 Å². The molecule has 3 fully saturated rings. The SMILES string of the molecule is Nc1ccc(F)c(C(=O)NC2CN3CCC2CC3)c1F. The lowest BCUT2D eigenvalue weighted by Crippen LogP contribution is -2.57. The summed E-state index contributed by atoms with van der Waals surface area (Å²) in [5.41, 5.74) is 4.59. The van der Waals surface area contributed by atoms with Crippen molar-refractivity contribution >= 4 is 11.6 Å². The van der Waals surface area contributed by atoms with Gasteiger partial charge in [0.1, 0.15) is 11.4 Å². The van der Waals surface area contributed by atoms with Gasteiger partial charge in [-0.3, -0.25) is 4.79 Å². The predicted octanol–water partition coefficient (Wildman–Crippen LogP) is 1.37. The maximum absolute atomic E-state index is 13.8. The predicted molar refractivity (Wildman–Crippen MR) is 71.2 cm³/mol. The van der Waals surface area contributed by atoms with Gasteiger partial charge in [0.2, 0.25) is 0 Å². The third kappa shape index (κ3) is 2.24. The second-order valence-corrected chi connectivity index (χ2v) is 5.54. The Labute approximate surface area is 115 Å². The Morgan fingerprint density at radius 1 is 1.30 bits per heavy atom. The standard InChI is InChI=1S/C14H17F2N3O/c15-9-1-2-10(17)13(16)12(9)14(20)18-11-7-19-5-3-8(11)4-6-19/h1-2,8,11H,3-7,17H2,(H,18,20). The first kappa shape index (κ1) is 13.3. The first-order chi connectivity index (χ1) is 9.56. The van der Waals surface area contributed by atoms with Gasteiger partial charge in [-0.1, -0.05) is 0 Å². The molecule has 6 heteroatoms. The second kappa shape index (κ2) is 5.01. The van der Waals surface area contributed by atoms with Crippen LogP contribution in [0, 0.1) is 17.6 Å². The maximum Gasteiger partial charge on any atom is 0.257 e. The molecule has 3 N–H and O–H groups in total. The molecule has 3 saturated heterocycles. The van der Waals surface area contributed by atoms with Crippen LogP contribution in [0.5, 0.6) is 0 Å². The van der Waals surface area contributed by atoms with Crippen LogP contribution in [-0.4, -0.2) is 36.5 Å². The highest BCUT2D eigenvalue weighted by atomic mass is 19.1. The van der Waals surface area contributed by atoms with Gasteiger partial charge < -0.3 is 16.0 Å². The highest BCUT2D eigenvalue weighted by Gasteiger charge is 2.35. The number of nitrogen functional groups attached to an aromatic ring is 1. The van der Waals surface area contributed by atoms with Crippen molar-refractivity contribution in [3.63, 3.8) is 0 Å². The van der Waals surface area contributed by atoms with Crippen LogP contribution in [0.3, 0.4) is 0 Å². The molecule has 2 bridgehead atoms. The van der Waals surface area contributed by atoms with Crippen LogP contribution in [0.2, 0.25) is 0 Å². The number of carbonyl (C=O) groups is 1. The Morgan fingerprint density at radius 3 is 2.60 bits per heavy atom. The topological polar surface area (TPSA) is 58.4 Å². The van der Waals surface area contributed by atoms with Crippen LogP contribution in [-0.2, 0) is 0 Å². The van der Waals surface area contributed by atoms with Crippen molar-refractivity contribution in [2.75, 3.05) is 25.4 Å². The number of nitrogens with two attached hydrogens (primary N) is 1. The summed E-state index contributed by atoms with van der Waals surface area (Å²) >= 11 is 0. The van der Waals surface area contributed by atoms with E-state index in [-0.39, 0.29) is 11.7 Å². The number of halogens is 2. The number of amides is 1. The number of anilines is 1. The first-order valence-electron chi connectivity index (χ1n) is 6.83. The number of nitrogens with zero attached hydrogens (tertiary/aromatic N) is 1. The van der Waals surface area contributed by atoms with Crippen molar-refractivity contribution in [3.8, 4) is 0 Å². The number of rotatable bonds is 2. The fourth-order valence-corrected chi connectivity index (χ4v) is 3.15. The van der Waals surface area contributed by atoms with Crippen LogP contribution >= 0.6 is 0 Å². The lowest BCUT2D eigenvalue weighted by Gasteiger charge is -2.44. The Morgan fingerprint density at radius 2 is 2.00 bits per heavy atom. The van der Waals surface area contributed by atoms with E-state index in [1.54, 1.807) is 0 Å². The number of benzene rings is 1. The fraction of sp³-hybridized carbons (Fsp3) is 0.500. The van der Waals surface area contributed by atoms with Crippen LogP contribution in [0.4, 0.5) is 14.5 Å². The minimum Gasteiger partial charge on any atom is -0.396 e. The van der Waals surface area contributed by atoms with Crippen LogP contribution in [0.1, 0.15) is 23.2 Å². The number of fused-ring (bicyclic) bond motifs is 3. The minimum absolute atomic E-state index is 0.0368. The summed E-state index contributed by atoms with van der Waals surface area (Å²) in [4.78, 5) is 14.4. The van der Waals surface area contributed by atoms with Gasteiger partial charge in [-0.2, -0.15) is 0 Å². The van der Waals surface area contributed by atoms with Gasteiger partial charge in [0, 0.05) is 12.6 Å². The summed E-state index contributed by atoms with van der Waals surface area (Å²) in [7, 11) is 0. The molecule has 0 spiro atoms. The smallest absolute Gasteiger partial charge is 0.257 e. The molecule has 1 aromatic carbocycles. The summed E-state index contributed by atoms with van der Waals surface area (Å²) < 4.78 is 27.5. The zero-order valence-corrected chi connectivity index (χ0v) is 11.0. The molecule has 1 unspecified atom stereocenters. The molecule has 0 aliphatic carbocycles. The van der Waals surface area contributed by atoms with Crippen LogP contribution < -0.4 is 11.1 Å². The third-order valence-electron chi connectivity index (χ3n) is 4.32. The summed E-state index contributed by atoms with van der Waals surface area (Å²) in [5, 5.41) is 2.76. The van der Waals surface area contributed by atoms with Crippen molar-refractivity contribution in [3.05, 3.63) is 29.3 Å². The van der Waals surface area contributed by atoms with E-state index in [9.17, 15) is 13.6 Å². The molecule has 1 aromatic rings. The van der Waals surface area contributed by atoms with Gasteiger partial charge >= 0.3 is 0 Å². The second-order valence-electron chi connectivity index (χ2n) is 5.54. The van der Waals surface area contributed by atoms with Crippen LogP contribution in [0.25, 0.3) is 0 Å². The summed E-state index contributed by atoms with van der Waals surface area (Å²) in [6.07, 6.45) is 2.04. The minimum atomic E-state index is -0.983. The number of hydrogen-bond acceptors (Lipinski definition) is 3. The molecule has 0 aromatic heterocycles. The Hall–Kier alpha value is -1.69. The molecule has 0 radical (unpaired) electrons. The van der Waals surface area contributed by atoms with E-state index < -0.39 is 23.1 Å². The zero-order chi connectivity index (χ0) is 14.3. The zero-order valence-electron chi connectivity index (χ0n) is 11.0. The number of hydrogen-bond donors (Lipinski definition) is 2. The average molecular weight is 281 g/mol. The summed E-state index contributed by atoms with van der Waals surface area (Å²) in [6, 6.07) is 2.10. The molecule has 1 amide bonds. The molecule has 108 valence electrons. The highest BCUT2D eigenvalue weighted by molar-refractivity contribution is 5.95. The summed E-state index contributed by atoms with van der Waals surface area (Å²) in [5.74, 6) is -2.18. The third-order valence-corrected chi connectivity index (χ3v) is 4.32. The molecule has 4 nitrogen and oxygen atoms in total. The van der Waals surface area contributed by atoms with Gasteiger partial charge in [0.15, 0.2) is 5.82 Å². The van der Waals surface area contributed by atoms with E-state index in [0.29, 0.717) is 5.92 Å². The molecule has 3 aliphatic rings. The van der Waals surface area contributed by atoms with Crippen LogP contribution in [0.15, 0.2) is 12.1 Å². The van der Waals surface area contributed by atoms with Gasteiger partial charge in [-0.15, -0.1) is 0 Å². The van der Waals surface area contributed by atoms with Crippen molar-refractivity contribution in [1.82, 2.24) is 10.2 Å². The Balaban J connectivity index is 1.79. The first-order valence-corrected chi connectivity index (χ1v) is 6.83. The van der Waals surface area contributed by atoms with E-state index in [4.69, 9.17) is 5.73 Å². The largest absolute Gasteiger partial charge is 0.396 e. The van der Waals surface area contributed by atoms with Crippen molar-refractivity contribution in [2.45, 2.75) is 18.9 Å². The highest BCUT2D eigenvalue weighted by Crippen LogP contribution is 2.28. The fourth-order valence-electron chi connectivity index (χ4n) is 3.15. The van der Waals surface area contributed by atoms with E-state index in [1.165, 1.54) is 0 Å². The van der Waals surface area contributed by atoms with E-state index in [1.807, 2.05) is 0 Å². The lowest BCUT2D eigenvalue weighted by atomic mass is 9.84. The molecule has 3 heterocycles. The van der Waals surface area contributed by atoms with Gasteiger partial charge in [0.05, 0.1) is 5.69 Å². The Bertz CT molecular complexity index is 541. The quantitative estimate of drug-likeness (QED) is 0.805. The number of piperidine rings is 3. The number of nitrogens with one attached hydrogen (secondary N) is 1. The van der Waals surface area contributed by atoms with Gasteiger partial charge in [0.25, 0.3) is 5.91 Å². The summed E-state index contributed by atoms with van der Waals surface area (Å²) in [6.45, 7) is 2.83. The van der Waals surface area contributed by atoms with E-state index in [2.05, 4.69) is 10.2 Å². The molecule has 1 atom stereocenters. The lowest BCUT2D eigenvalue weighted by molar-refractivity contribution is 0.0616. The molecule has 4 rings (SSSR count). The van der Waals surface area contributed by atoms with Crippen molar-refractivity contribution < 1.29 is 13.6 Å². The Kier molecular flexibility index (Phi) is 3.33. The molecular weight excluding hydrogens is 264 g/mol. The van der Waals surface area contributed by atoms with E-state index >= 15 is 0 Å². The molecule has 0 saturated carbocycles. The molecular formula is C14H17F2N3O. The molecule has 20 heavy (non-hydrogen) atoms. The van der Waals surface area contributed by atoms with Crippen molar-refractivity contribution in [2.24, 2.45) is 5.92 Å². The number of carbonyl (C=O) groups excluding carboxylic acids is 1. The normalized spacial score (nSPS) is 28.4.